The molecule has 0 aliphatic carbocycles. The second kappa shape index (κ2) is 8.90. The molecular weight excluding hydrogens is 408 g/mol. The van der Waals surface area contributed by atoms with Gasteiger partial charge >= 0.3 is 18.2 Å². The van der Waals surface area contributed by atoms with Crippen molar-refractivity contribution >= 4 is 29.7 Å². The average Bonchev–Trinajstić information content (AvgIpc) is 3.06. The Morgan fingerprint density at radius 1 is 1.29 bits per heavy atom. The van der Waals surface area contributed by atoms with Gasteiger partial charge in [0, 0.05) is 0 Å². The Morgan fingerprint density at radius 3 is 2.55 bits per heavy atom. The zero-order chi connectivity index (χ0) is 22.7. The first-order chi connectivity index (χ1) is 14.7. The summed E-state index contributed by atoms with van der Waals surface area (Å²) in [7, 11) is 0. The number of benzene rings is 1. The SMILES string of the molecule is C=CCOC(=O)O[C@H](C)[C@H]1C(=O)N2C(C(=O)O)=C(c3ccc(COC(N)=O)cc3)C[C@H]12. The number of carboxylic acid groups (broad SMARTS) is 1. The van der Waals surface area contributed by atoms with Gasteiger partial charge in [0.1, 0.15) is 25.0 Å². The van der Waals surface area contributed by atoms with Crippen LogP contribution < -0.4 is 5.73 Å². The number of hydrogen-bond acceptors (Lipinski definition) is 7. The predicted molar refractivity (Wildman–Crippen MR) is 106 cm³/mol. The van der Waals surface area contributed by atoms with Crippen molar-refractivity contribution in [1.29, 1.82) is 0 Å². The summed E-state index contributed by atoms with van der Waals surface area (Å²) < 4.78 is 14.7. The molecule has 1 aromatic rings. The van der Waals surface area contributed by atoms with E-state index >= 15 is 0 Å². The predicted octanol–water partition coefficient (Wildman–Crippen LogP) is 2.04. The lowest BCUT2D eigenvalue weighted by Crippen LogP contribution is -2.62. The number of fused-ring (bicyclic) bond motifs is 1. The number of carbonyl (C=O) groups is 4. The highest BCUT2D eigenvalue weighted by Crippen LogP contribution is 2.47. The topological polar surface area (TPSA) is 145 Å². The van der Waals surface area contributed by atoms with Crippen LogP contribution in [-0.2, 0) is 30.4 Å². The first-order valence-electron chi connectivity index (χ1n) is 9.50. The third-order valence-electron chi connectivity index (χ3n) is 5.20. The molecule has 2 amide bonds. The van der Waals surface area contributed by atoms with Crippen molar-refractivity contribution in [2.75, 3.05) is 6.61 Å². The van der Waals surface area contributed by atoms with Crippen LogP contribution in [0.2, 0.25) is 0 Å². The molecule has 0 bridgehead atoms. The standard InChI is InChI=1S/C21H22N2O8/c1-3-8-29-21(28)31-11(2)16-15-9-14(17(19(25)26)23(15)18(16)24)13-6-4-12(5-7-13)10-30-20(22)27/h3-7,11,15-16H,1,8-10H2,2H3,(H2,22,27)(H,25,26)/t11-,15-,16-/m1/s1. The first kappa shape index (κ1) is 21.9. The summed E-state index contributed by atoms with van der Waals surface area (Å²) in [5.74, 6) is -2.32. The van der Waals surface area contributed by atoms with E-state index in [0.717, 1.165) is 0 Å². The minimum Gasteiger partial charge on any atom is -0.477 e. The van der Waals surface area contributed by atoms with Gasteiger partial charge in [-0.2, -0.15) is 0 Å². The Balaban J connectivity index is 1.76. The molecule has 0 aromatic heterocycles. The number of nitrogens with zero attached hydrogens (tertiary/aromatic N) is 1. The summed E-state index contributed by atoms with van der Waals surface area (Å²) in [5, 5.41) is 9.71. The number of rotatable bonds is 8. The monoisotopic (exact) mass is 430 g/mol. The van der Waals surface area contributed by atoms with Crippen LogP contribution in [0.15, 0.2) is 42.6 Å². The van der Waals surface area contributed by atoms with Crippen LogP contribution in [0.3, 0.4) is 0 Å². The molecule has 2 aliphatic rings. The first-order valence-corrected chi connectivity index (χ1v) is 9.50. The summed E-state index contributed by atoms with van der Waals surface area (Å²) in [4.78, 5) is 48.2. The zero-order valence-corrected chi connectivity index (χ0v) is 16.8. The highest BCUT2D eigenvalue weighted by molar-refractivity contribution is 6.06. The van der Waals surface area contributed by atoms with E-state index in [2.05, 4.69) is 6.58 Å². The molecule has 3 rings (SSSR count). The van der Waals surface area contributed by atoms with E-state index in [1.807, 2.05) is 0 Å². The number of β-lactam (4-membered cyclic amide) rings is 1. The van der Waals surface area contributed by atoms with Gasteiger partial charge in [-0.25, -0.2) is 14.4 Å². The Kier molecular flexibility index (Phi) is 6.28. The van der Waals surface area contributed by atoms with Crippen LogP contribution >= 0.6 is 0 Å². The molecule has 10 heteroatoms. The fourth-order valence-electron chi connectivity index (χ4n) is 3.86. The maximum atomic E-state index is 12.7. The van der Waals surface area contributed by atoms with E-state index < -0.39 is 42.2 Å². The maximum absolute atomic E-state index is 12.7. The molecule has 0 saturated carbocycles. The van der Waals surface area contributed by atoms with Crippen molar-refractivity contribution in [3.63, 3.8) is 0 Å². The third-order valence-corrected chi connectivity index (χ3v) is 5.20. The fraction of sp³-hybridized carbons (Fsp3) is 0.333. The van der Waals surface area contributed by atoms with Crippen molar-refractivity contribution in [3.05, 3.63) is 53.7 Å². The van der Waals surface area contributed by atoms with Crippen molar-refractivity contribution < 1.29 is 38.5 Å². The summed E-state index contributed by atoms with van der Waals surface area (Å²) >= 11 is 0. The number of carboxylic acids is 1. The quantitative estimate of drug-likeness (QED) is 0.362. The second-order valence-corrected chi connectivity index (χ2v) is 7.12. The van der Waals surface area contributed by atoms with Gasteiger partial charge in [0.05, 0.1) is 12.0 Å². The van der Waals surface area contributed by atoms with Crippen LogP contribution in [0.5, 0.6) is 0 Å². The van der Waals surface area contributed by atoms with Crippen molar-refractivity contribution in [3.8, 4) is 0 Å². The van der Waals surface area contributed by atoms with Crippen molar-refractivity contribution in [2.24, 2.45) is 11.7 Å². The van der Waals surface area contributed by atoms with Gasteiger partial charge < -0.3 is 30.0 Å². The average molecular weight is 430 g/mol. The molecule has 3 N–H and O–H groups in total. The van der Waals surface area contributed by atoms with Gasteiger partial charge in [0.25, 0.3) is 0 Å². The molecular formula is C21H22N2O8. The molecule has 0 spiro atoms. The summed E-state index contributed by atoms with van der Waals surface area (Å²) in [5.41, 5.74) is 6.66. The number of nitrogens with two attached hydrogens (primary N) is 1. The summed E-state index contributed by atoms with van der Waals surface area (Å²) in [6.45, 7) is 4.98. The molecule has 0 radical (unpaired) electrons. The van der Waals surface area contributed by atoms with Crippen molar-refractivity contribution in [2.45, 2.75) is 32.1 Å². The minimum absolute atomic E-state index is 0.00738. The lowest BCUT2D eigenvalue weighted by atomic mass is 9.82. The molecule has 31 heavy (non-hydrogen) atoms. The lowest BCUT2D eigenvalue weighted by molar-refractivity contribution is -0.162. The van der Waals surface area contributed by atoms with E-state index in [-0.39, 0.29) is 18.9 Å². The highest BCUT2D eigenvalue weighted by atomic mass is 16.7. The molecule has 2 heterocycles. The van der Waals surface area contributed by atoms with Crippen LogP contribution in [0.1, 0.15) is 24.5 Å². The normalized spacial score (nSPS) is 20.4. The number of amides is 2. The second-order valence-electron chi connectivity index (χ2n) is 7.12. The lowest BCUT2D eigenvalue weighted by Gasteiger charge is -2.45. The van der Waals surface area contributed by atoms with Gasteiger partial charge in [-0.3, -0.25) is 4.79 Å². The van der Waals surface area contributed by atoms with Gasteiger partial charge in [-0.1, -0.05) is 36.9 Å². The number of hydrogen-bond donors (Lipinski definition) is 2. The van der Waals surface area contributed by atoms with Gasteiger partial charge in [-0.15, -0.1) is 0 Å². The molecule has 1 fully saturated rings. The van der Waals surface area contributed by atoms with Crippen LogP contribution in [0.4, 0.5) is 9.59 Å². The smallest absolute Gasteiger partial charge is 0.477 e. The Morgan fingerprint density at radius 2 is 1.97 bits per heavy atom. The molecule has 2 aliphatic heterocycles. The van der Waals surface area contributed by atoms with Crippen LogP contribution in [-0.4, -0.2) is 52.9 Å². The van der Waals surface area contributed by atoms with E-state index in [1.165, 1.54) is 11.0 Å². The minimum atomic E-state index is -1.22. The van der Waals surface area contributed by atoms with Crippen LogP contribution in [0.25, 0.3) is 5.57 Å². The van der Waals surface area contributed by atoms with E-state index in [1.54, 1.807) is 31.2 Å². The van der Waals surface area contributed by atoms with E-state index in [4.69, 9.17) is 19.9 Å². The van der Waals surface area contributed by atoms with Gasteiger partial charge in [0.2, 0.25) is 5.91 Å². The fourth-order valence-corrected chi connectivity index (χ4v) is 3.86. The molecule has 1 saturated heterocycles. The van der Waals surface area contributed by atoms with E-state index in [0.29, 0.717) is 23.1 Å². The zero-order valence-electron chi connectivity index (χ0n) is 16.8. The molecule has 1 aromatic carbocycles. The summed E-state index contributed by atoms with van der Waals surface area (Å²) in [6, 6.07) is 6.31. The molecule has 3 atom stereocenters. The number of ether oxygens (including phenoxy) is 3. The largest absolute Gasteiger partial charge is 0.508 e. The van der Waals surface area contributed by atoms with E-state index in [9.17, 15) is 24.3 Å². The molecule has 0 unspecified atom stereocenters. The number of aliphatic carboxylic acids is 1. The number of primary amides is 1. The Bertz CT molecular complexity index is 953. The Hall–Kier alpha value is -3.82. The Labute approximate surface area is 177 Å². The van der Waals surface area contributed by atoms with Crippen molar-refractivity contribution in [1.82, 2.24) is 4.90 Å². The highest BCUT2D eigenvalue weighted by Gasteiger charge is 2.58. The van der Waals surface area contributed by atoms with Crippen LogP contribution in [0, 0.1) is 5.92 Å². The molecule has 164 valence electrons. The third kappa shape index (κ3) is 4.37. The molecule has 10 nitrogen and oxygen atoms in total. The summed E-state index contributed by atoms with van der Waals surface area (Å²) in [6.07, 6.45) is -0.912. The van der Waals surface area contributed by atoms with Gasteiger partial charge in [0.15, 0.2) is 0 Å². The number of carbonyl (C=O) groups excluding carboxylic acids is 3. The maximum Gasteiger partial charge on any atom is 0.508 e. The van der Waals surface area contributed by atoms with Gasteiger partial charge in [-0.05, 0) is 30.0 Å².